The quantitative estimate of drug-likeness (QED) is 0.544. The Kier molecular flexibility index (Phi) is 8.04. The van der Waals surface area contributed by atoms with E-state index in [0.717, 1.165) is 19.4 Å². The summed E-state index contributed by atoms with van der Waals surface area (Å²) in [6, 6.07) is -0.909. The predicted molar refractivity (Wildman–Crippen MR) is 108 cm³/mol. The minimum Gasteiger partial charge on any atom is -0.508 e. The number of likely N-dealkylation sites (N-methyl/N-ethyl adjacent to an activating group) is 2. The van der Waals surface area contributed by atoms with Crippen LogP contribution in [0, 0.1) is 5.41 Å². The van der Waals surface area contributed by atoms with Gasteiger partial charge in [0, 0.05) is 34.2 Å². The van der Waals surface area contributed by atoms with Crippen molar-refractivity contribution in [2.24, 2.45) is 5.41 Å². The van der Waals surface area contributed by atoms with Crippen LogP contribution in [0.2, 0.25) is 0 Å². The number of carbonyl (C=O) groups excluding carboxylic acids is 2. The standard InChI is InChI=1S/C20H36N4O3/c1-14(15(2)25)11-13-22(6)19(27)17(20(3,4)5)21-18(26)16-10-9-12-23(7)24(16)8/h11,16-17,25H,2,9-10,12-13H2,1,3-8H3,(H,21,26)/b14-11+. The maximum absolute atomic E-state index is 13.0. The van der Waals surface area contributed by atoms with Gasteiger partial charge in [0.2, 0.25) is 11.8 Å². The lowest BCUT2D eigenvalue weighted by molar-refractivity contribution is -0.144. The number of aliphatic hydroxyl groups is 1. The van der Waals surface area contributed by atoms with Crippen LogP contribution in [0.25, 0.3) is 0 Å². The molecule has 1 aliphatic heterocycles. The van der Waals surface area contributed by atoms with Gasteiger partial charge in [-0.3, -0.25) is 9.59 Å². The molecular formula is C20H36N4O3. The molecule has 7 heteroatoms. The third kappa shape index (κ3) is 6.36. The van der Waals surface area contributed by atoms with Crippen molar-refractivity contribution in [2.75, 3.05) is 34.2 Å². The summed E-state index contributed by atoms with van der Waals surface area (Å²) < 4.78 is 0. The van der Waals surface area contributed by atoms with Crippen LogP contribution in [0.5, 0.6) is 0 Å². The van der Waals surface area contributed by atoms with Gasteiger partial charge in [0.05, 0.1) is 0 Å². The Labute approximate surface area is 163 Å². The molecule has 0 aliphatic carbocycles. The molecule has 2 N–H and O–H groups in total. The molecule has 1 heterocycles. The number of hydrogen-bond acceptors (Lipinski definition) is 5. The van der Waals surface area contributed by atoms with Gasteiger partial charge in [0.1, 0.15) is 17.8 Å². The first-order chi connectivity index (χ1) is 12.4. The van der Waals surface area contributed by atoms with Crippen molar-refractivity contribution >= 4 is 11.8 Å². The zero-order valence-electron chi connectivity index (χ0n) is 17.9. The molecule has 0 spiro atoms. The molecule has 0 radical (unpaired) electrons. The van der Waals surface area contributed by atoms with Gasteiger partial charge in [0.15, 0.2) is 0 Å². The molecule has 1 aliphatic rings. The van der Waals surface area contributed by atoms with Crippen molar-refractivity contribution in [1.82, 2.24) is 20.2 Å². The summed E-state index contributed by atoms with van der Waals surface area (Å²) in [4.78, 5) is 27.5. The summed E-state index contributed by atoms with van der Waals surface area (Å²) in [5, 5.41) is 16.3. The van der Waals surface area contributed by atoms with Crippen molar-refractivity contribution in [2.45, 2.75) is 52.6 Å². The van der Waals surface area contributed by atoms with Crippen LogP contribution in [0.3, 0.4) is 0 Å². The van der Waals surface area contributed by atoms with E-state index in [1.165, 1.54) is 0 Å². The zero-order valence-corrected chi connectivity index (χ0v) is 17.9. The Morgan fingerprint density at radius 3 is 2.48 bits per heavy atom. The molecule has 0 saturated carbocycles. The van der Waals surface area contributed by atoms with Gasteiger partial charge < -0.3 is 15.3 Å². The maximum atomic E-state index is 13.0. The molecule has 1 saturated heterocycles. The molecule has 27 heavy (non-hydrogen) atoms. The number of hydrogen-bond donors (Lipinski definition) is 2. The normalized spacial score (nSPS) is 20.9. The lowest BCUT2D eigenvalue weighted by atomic mass is 9.85. The highest BCUT2D eigenvalue weighted by Gasteiger charge is 2.37. The number of amides is 2. The highest BCUT2D eigenvalue weighted by Crippen LogP contribution is 2.23. The Balaban J connectivity index is 2.89. The Bertz CT molecular complexity index is 595. The Morgan fingerprint density at radius 2 is 1.96 bits per heavy atom. The summed E-state index contributed by atoms with van der Waals surface area (Å²) in [6.45, 7) is 12.3. The first-order valence-electron chi connectivity index (χ1n) is 9.40. The number of nitrogens with one attached hydrogen (secondary N) is 1. The molecule has 2 unspecified atom stereocenters. The smallest absolute Gasteiger partial charge is 0.245 e. The molecule has 2 atom stereocenters. The van der Waals surface area contributed by atoms with Gasteiger partial charge in [-0.05, 0) is 30.8 Å². The molecule has 154 valence electrons. The second-order valence-electron chi connectivity index (χ2n) is 8.47. The molecule has 2 amide bonds. The fourth-order valence-electron chi connectivity index (χ4n) is 2.99. The minimum atomic E-state index is -0.637. The number of hydrazine groups is 1. The third-order valence-electron chi connectivity index (χ3n) is 5.15. The average molecular weight is 381 g/mol. The highest BCUT2D eigenvalue weighted by molar-refractivity contribution is 5.90. The topological polar surface area (TPSA) is 76.1 Å². The zero-order chi connectivity index (χ0) is 20.9. The first-order valence-corrected chi connectivity index (χ1v) is 9.40. The van der Waals surface area contributed by atoms with Crippen LogP contribution in [0.4, 0.5) is 0 Å². The fraction of sp³-hybridized carbons (Fsp3) is 0.700. The van der Waals surface area contributed by atoms with E-state index in [-0.39, 0.29) is 23.6 Å². The van der Waals surface area contributed by atoms with Crippen molar-refractivity contribution < 1.29 is 14.7 Å². The molecular weight excluding hydrogens is 344 g/mol. The summed E-state index contributed by atoms with van der Waals surface area (Å²) in [7, 11) is 5.56. The molecule has 0 aromatic carbocycles. The first kappa shape index (κ1) is 23.2. The van der Waals surface area contributed by atoms with Gasteiger partial charge in [-0.2, -0.15) is 0 Å². The van der Waals surface area contributed by atoms with Crippen LogP contribution in [-0.4, -0.2) is 78.2 Å². The lowest BCUT2D eigenvalue weighted by Crippen LogP contribution is -2.60. The van der Waals surface area contributed by atoms with E-state index >= 15 is 0 Å². The van der Waals surface area contributed by atoms with E-state index in [0.29, 0.717) is 12.1 Å². The fourth-order valence-corrected chi connectivity index (χ4v) is 2.99. The molecule has 7 nitrogen and oxygen atoms in total. The van der Waals surface area contributed by atoms with Gasteiger partial charge in [-0.1, -0.05) is 33.4 Å². The number of carbonyl (C=O) groups is 2. The Hall–Kier alpha value is -1.86. The van der Waals surface area contributed by atoms with E-state index in [9.17, 15) is 14.7 Å². The molecule has 1 fully saturated rings. The number of rotatable bonds is 6. The predicted octanol–water partition coefficient (Wildman–Crippen LogP) is 1.93. The molecule has 1 rings (SSSR count). The van der Waals surface area contributed by atoms with Crippen LogP contribution >= 0.6 is 0 Å². The number of nitrogens with zero attached hydrogens (tertiary/aromatic N) is 3. The second kappa shape index (κ2) is 9.37. The van der Waals surface area contributed by atoms with Crippen LogP contribution in [0.15, 0.2) is 24.0 Å². The highest BCUT2D eigenvalue weighted by atomic mass is 16.3. The Morgan fingerprint density at radius 1 is 1.37 bits per heavy atom. The van der Waals surface area contributed by atoms with E-state index in [4.69, 9.17) is 0 Å². The third-order valence-corrected chi connectivity index (χ3v) is 5.15. The number of allylic oxidation sites excluding steroid dienone is 1. The van der Waals surface area contributed by atoms with Crippen LogP contribution in [-0.2, 0) is 9.59 Å². The summed E-state index contributed by atoms with van der Waals surface area (Å²) in [5.74, 6) is -0.294. The van der Waals surface area contributed by atoms with Crippen LogP contribution < -0.4 is 5.32 Å². The minimum absolute atomic E-state index is 0.0130. The maximum Gasteiger partial charge on any atom is 0.245 e. The SMILES string of the molecule is C=C(O)/C(C)=C/CN(C)C(=O)C(NC(=O)C1CCCN(C)N1C)C(C)(C)C. The van der Waals surface area contributed by atoms with E-state index in [1.807, 2.05) is 44.9 Å². The van der Waals surface area contributed by atoms with E-state index in [2.05, 4.69) is 11.9 Å². The van der Waals surface area contributed by atoms with Crippen molar-refractivity contribution in [3.05, 3.63) is 24.0 Å². The van der Waals surface area contributed by atoms with Crippen LogP contribution in [0.1, 0.15) is 40.5 Å². The van der Waals surface area contributed by atoms with Crippen molar-refractivity contribution in [1.29, 1.82) is 0 Å². The largest absolute Gasteiger partial charge is 0.508 e. The van der Waals surface area contributed by atoms with Crippen molar-refractivity contribution in [3.8, 4) is 0 Å². The van der Waals surface area contributed by atoms with Gasteiger partial charge >= 0.3 is 0 Å². The summed E-state index contributed by atoms with van der Waals surface area (Å²) in [6.07, 6.45) is 3.46. The van der Waals surface area contributed by atoms with Gasteiger partial charge in [0.25, 0.3) is 0 Å². The summed E-state index contributed by atoms with van der Waals surface area (Å²) >= 11 is 0. The van der Waals surface area contributed by atoms with Gasteiger partial charge in [-0.25, -0.2) is 10.0 Å². The van der Waals surface area contributed by atoms with Gasteiger partial charge in [-0.15, -0.1) is 0 Å². The lowest BCUT2D eigenvalue weighted by Gasteiger charge is -2.40. The molecule has 0 aromatic heterocycles. The van der Waals surface area contributed by atoms with E-state index in [1.54, 1.807) is 24.9 Å². The summed E-state index contributed by atoms with van der Waals surface area (Å²) in [5.41, 5.74) is 0.192. The molecule has 0 aromatic rings. The average Bonchev–Trinajstić information content (AvgIpc) is 2.57. The monoisotopic (exact) mass is 380 g/mol. The number of aliphatic hydroxyl groups excluding tert-OH is 1. The second-order valence-corrected chi connectivity index (χ2v) is 8.47. The van der Waals surface area contributed by atoms with Crippen molar-refractivity contribution in [3.63, 3.8) is 0 Å². The molecule has 0 bridgehead atoms. The van der Waals surface area contributed by atoms with E-state index < -0.39 is 11.5 Å².